The van der Waals surface area contributed by atoms with Crippen molar-refractivity contribution in [2.45, 2.75) is 12.1 Å². The number of nitrogens with zero attached hydrogens (tertiary/aromatic N) is 1. The van der Waals surface area contributed by atoms with Crippen LogP contribution in [0.2, 0.25) is 10.0 Å². The highest BCUT2D eigenvalue weighted by molar-refractivity contribution is 6.30. The number of carbonyl (C=O) groups excluding carboxylic acids is 2. The van der Waals surface area contributed by atoms with Gasteiger partial charge in [-0.1, -0.05) is 53.4 Å². The van der Waals surface area contributed by atoms with Gasteiger partial charge in [0, 0.05) is 15.6 Å². The van der Waals surface area contributed by atoms with Crippen LogP contribution < -0.4 is 5.32 Å². The minimum atomic E-state index is -1.48. The van der Waals surface area contributed by atoms with Crippen molar-refractivity contribution in [3.05, 3.63) is 99.0 Å². The molecule has 0 aliphatic carbocycles. The minimum absolute atomic E-state index is 0.0930. The molecule has 8 heteroatoms. The lowest BCUT2D eigenvalue weighted by molar-refractivity contribution is -0.144. The highest BCUT2D eigenvalue weighted by atomic mass is 35.5. The van der Waals surface area contributed by atoms with Gasteiger partial charge in [0.2, 0.25) is 0 Å². The molecule has 0 fully saturated rings. The molecule has 0 unspecified atom stereocenters. The van der Waals surface area contributed by atoms with Gasteiger partial charge >= 0.3 is 5.97 Å². The number of anilines is 1. The Balaban J connectivity index is 1.96. The Morgan fingerprint density at radius 1 is 1.00 bits per heavy atom. The van der Waals surface area contributed by atoms with Crippen molar-refractivity contribution in [3.63, 3.8) is 0 Å². The topological polar surface area (TPSA) is 86.7 Å². The second-order valence-electron chi connectivity index (χ2n) is 7.35. The number of carboxylic acid groups (broad SMARTS) is 1. The Hall–Kier alpha value is -3.79. The molecule has 33 heavy (non-hydrogen) atoms. The number of amides is 2. The Morgan fingerprint density at radius 3 is 2.18 bits per heavy atom. The smallest absolute Gasteiger partial charge is 0.331 e. The first kappa shape index (κ1) is 22.4. The summed E-state index contributed by atoms with van der Waals surface area (Å²) in [6.07, 6.45) is 5.49. The van der Waals surface area contributed by atoms with E-state index < -0.39 is 29.9 Å². The number of hydrogen-bond acceptors (Lipinski definition) is 3. The van der Waals surface area contributed by atoms with E-state index in [2.05, 4.69) is 11.2 Å². The second-order valence-corrected chi connectivity index (χ2v) is 8.23. The number of benzene rings is 3. The largest absolute Gasteiger partial charge is 0.479 e. The Labute approximate surface area is 199 Å². The standard InChI is InChI=1S/C25H16Cl2N2O4/c1-2-14-3-12-20-19(13-14)24(31)29(22(25(32)33)16-6-10-18(27)11-7-16)21(23(30)28-20)15-4-8-17(26)9-5-15/h1,3-13,21-22H,(H,28,30)(H,32,33)/t21-,22-/m0/s1. The second kappa shape index (κ2) is 8.99. The lowest BCUT2D eigenvalue weighted by Gasteiger charge is -2.34. The summed E-state index contributed by atoms with van der Waals surface area (Å²) in [5.41, 5.74) is 1.43. The maximum atomic E-state index is 13.8. The summed E-state index contributed by atoms with van der Waals surface area (Å²) in [6, 6.07) is 14.2. The predicted molar refractivity (Wildman–Crippen MR) is 125 cm³/mol. The zero-order valence-corrected chi connectivity index (χ0v) is 18.5. The summed E-state index contributed by atoms with van der Waals surface area (Å²) >= 11 is 12.0. The number of halogens is 2. The number of hydrogen-bond donors (Lipinski definition) is 2. The molecule has 1 heterocycles. The molecule has 0 saturated heterocycles. The van der Waals surface area contributed by atoms with Crippen molar-refractivity contribution < 1.29 is 19.5 Å². The first-order chi connectivity index (χ1) is 15.8. The molecule has 2 amide bonds. The Kier molecular flexibility index (Phi) is 6.10. The number of nitrogens with one attached hydrogen (secondary N) is 1. The van der Waals surface area contributed by atoms with E-state index in [1.165, 1.54) is 36.4 Å². The average Bonchev–Trinajstić information content (AvgIpc) is 2.90. The third-order valence-electron chi connectivity index (χ3n) is 5.32. The summed E-state index contributed by atoms with van der Waals surface area (Å²) in [5.74, 6) is -0.0924. The molecule has 0 bridgehead atoms. The summed E-state index contributed by atoms with van der Waals surface area (Å²) < 4.78 is 0. The first-order valence-electron chi connectivity index (χ1n) is 9.78. The molecule has 0 aromatic heterocycles. The fourth-order valence-electron chi connectivity index (χ4n) is 3.79. The Bertz CT molecular complexity index is 1300. The van der Waals surface area contributed by atoms with Crippen molar-refractivity contribution in [3.8, 4) is 12.3 Å². The van der Waals surface area contributed by atoms with Crippen LogP contribution in [0.5, 0.6) is 0 Å². The SMILES string of the molecule is C#Cc1ccc2c(c1)C(=O)N([C@H](C(=O)O)c1ccc(Cl)cc1)[C@@H](c1ccc(Cl)cc1)C(=O)N2. The van der Waals surface area contributed by atoms with E-state index >= 15 is 0 Å². The quantitative estimate of drug-likeness (QED) is 0.520. The van der Waals surface area contributed by atoms with Gasteiger partial charge in [-0.2, -0.15) is 0 Å². The molecule has 4 rings (SSSR count). The predicted octanol–water partition coefficient (Wildman–Crippen LogP) is 4.94. The van der Waals surface area contributed by atoms with Gasteiger partial charge in [-0.15, -0.1) is 6.42 Å². The number of aliphatic carboxylic acids is 1. The molecule has 1 aliphatic rings. The van der Waals surface area contributed by atoms with Crippen LogP contribution in [0.3, 0.4) is 0 Å². The molecule has 3 aromatic carbocycles. The van der Waals surface area contributed by atoms with Crippen molar-refractivity contribution in [1.82, 2.24) is 4.90 Å². The molecule has 1 aliphatic heterocycles. The van der Waals surface area contributed by atoms with Gasteiger partial charge in [-0.05, 0) is 53.6 Å². The summed E-state index contributed by atoms with van der Waals surface area (Å²) in [6.45, 7) is 0. The van der Waals surface area contributed by atoms with Crippen molar-refractivity contribution in [2.24, 2.45) is 0 Å². The van der Waals surface area contributed by atoms with E-state index in [1.54, 1.807) is 30.3 Å². The van der Waals surface area contributed by atoms with Crippen LogP contribution >= 0.6 is 23.2 Å². The van der Waals surface area contributed by atoms with E-state index in [1.807, 2.05) is 0 Å². The number of carboxylic acids is 1. The summed E-state index contributed by atoms with van der Waals surface area (Å²) in [4.78, 5) is 40.8. The monoisotopic (exact) mass is 478 g/mol. The zero-order valence-electron chi connectivity index (χ0n) is 17.0. The number of rotatable bonds is 4. The highest BCUT2D eigenvalue weighted by Crippen LogP contribution is 2.38. The number of terminal acetylenes is 1. The molecule has 0 spiro atoms. The van der Waals surface area contributed by atoms with E-state index in [4.69, 9.17) is 29.6 Å². The van der Waals surface area contributed by atoms with Crippen LogP contribution in [0.25, 0.3) is 0 Å². The molecular formula is C25H16Cl2N2O4. The van der Waals surface area contributed by atoms with Gasteiger partial charge in [-0.25, -0.2) is 4.79 Å². The fourth-order valence-corrected chi connectivity index (χ4v) is 4.05. The van der Waals surface area contributed by atoms with Gasteiger partial charge in [-0.3, -0.25) is 9.59 Å². The third-order valence-corrected chi connectivity index (χ3v) is 5.82. The van der Waals surface area contributed by atoms with E-state index in [0.29, 0.717) is 21.2 Å². The van der Waals surface area contributed by atoms with Crippen molar-refractivity contribution in [2.75, 3.05) is 5.32 Å². The van der Waals surface area contributed by atoms with E-state index in [0.717, 1.165) is 4.90 Å². The molecule has 3 aromatic rings. The molecule has 0 saturated carbocycles. The summed E-state index contributed by atoms with van der Waals surface area (Å²) in [5, 5.41) is 13.8. The number of fused-ring (bicyclic) bond motifs is 1. The van der Waals surface area contributed by atoms with E-state index in [9.17, 15) is 19.5 Å². The van der Waals surface area contributed by atoms with Crippen LogP contribution in [-0.2, 0) is 9.59 Å². The van der Waals surface area contributed by atoms with Gasteiger partial charge in [0.15, 0.2) is 6.04 Å². The van der Waals surface area contributed by atoms with Crippen molar-refractivity contribution >= 4 is 46.7 Å². The molecular weight excluding hydrogens is 463 g/mol. The van der Waals surface area contributed by atoms with Crippen LogP contribution in [-0.4, -0.2) is 27.8 Å². The van der Waals surface area contributed by atoms with Crippen molar-refractivity contribution in [1.29, 1.82) is 0 Å². The minimum Gasteiger partial charge on any atom is -0.479 e. The van der Waals surface area contributed by atoms with Crippen LogP contribution in [0.1, 0.15) is 39.1 Å². The van der Waals surface area contributed by atoms with Gasteiger partial charge in [0.05, 0.1) is 11.3 Å². The molecule has 164 valence electrons. The van der Waals surface area contributed by atoms with E-state index in [-0.39, 0.29) is 16.8 Å². The van der Waals surface area contributed by atoms with Crippen LogP contribution in [0, 0.1) is 12.3 Å². The lowest BCUT2D eigenvalue weighted by Crippen LogP contribution is -2.44. The molecule has 2 atom stereocenters. The van der Waals surface area contributed by atoms with Gasteiger partial charge < -0.3 is 15.3 Å². The normalized spacial score (nSPS) is 16.3. The molecule has 0 radical (unpaired) electrons. The lowest BCUT2D eigenvalue weighted by atomic mass is 9.97. The molecule has 2 N–H and O–H groups in total. The van der Waals surface area contributed by atoms with Gasteiger partial charge in [0.1, 0.15) is 6.04 Å². The maximum Gasteiger partial charge on any atom is 0.331 e. The van der Waals surface area contributed by atoms with Crippen LogP contribution in [0.15, 0.2) is 66.7 Å². The molecule has 6 nitrogen and oxygen atoms in total. The highest BCUT2D eigenvalue weighted by Gasteiger charge is 2.43. The summed E-state index contributed by atoms with van der Waals surface area (Å²) in [7, 11) is 0. The average molecular weight is 479 g/mol. The Morgan fingerprint density at radius 2 is 1.61 bits per heavy atom. The fraction of sp³-hybridized carbons (Fsp3) is 0.0800. The maximum absolute atomic E-state index is 13.8. The first-order valence-corrected chi connectivity index (χ1v) is 10.5. The van der Waals surface area contributed by atoms with Crippen LogP contribution in [0.4, 0.5) is 5.69 Å². The van der Waals surface area contributed by atoms with Gasteiger partial charge in [0.25, 0.3) is 11.8 Å². The third kappa shape index (κ3) is 4.29. The zero-order chi connectivity index (χ0) is 23.7. The number of carbonyl (C=O) groups is 3.